The van der Waals surface area contributed by atoms with Gasteiger partial charge >= 0.3 is 0 Å². The first-order valence-corrected chi connectivity index (χ1v) is 4.68. The minimum absolute atomic E-state index is 0.0877. The SMILES string of the molecule is CCCOCC(NN)c1cnccn1. The van der Waals surface area contributed by atoms with Crippen LogP contribution in [0, 0.1) is 0 Å². The summed E-state index contributed by atoms with van der Waals surface area (Å²) in [6.45, 7) is 3.31. The van der Waals surface area contributed by atoms with Gasteiger partial charge in [0.25, 0.3) is 0 Å². The summed E-state index contributed by atoms with van der Waals surface area (Å²) in [7, 11) is 0. The van der Waals surface area contributed by atoms with Crippen LogP contribution in [0.2, 0.25) is 0 Å². The predicted octanol–water partition coefficient (Wildman–Crippen LogP) is 0.408. The van der Waals surface area contributed by atoms with Gasteiger partial charge in [-0.05, 0) is 6.42 Å². The van der Waals surface area contributed by atoms with Crippen molar-refractivity contribution in [1.82, 2.24) is 15.4 Å². The second-order valence-corrected chi connectivity index (χ2v) is 2.92. The maximum absolute atomic E-state index is 5.39. The van der Waals surface area contributed by atoms with E-state index >= 15 is 0 Å². The number of rotatable bonds is 6. The van der Waals surface area contributed by atoms with Crippen LogP contribution in [0.4, 0.5) is 0 Å². The van der Waals surface area contributed by atoms with Gasteiger partial charge in [0.05, 0.1) is 24.5 Å². The second-order valence-electron chi connectivity index (χ2n) is 2.92. The standard InChI is InChI=1S/C9H16N4O/c1-2-5-14-7-9(13-10)8-6-11-3-4-12-8/h3-4,6,9,13H,2,5,7,10H2,1H3. The Balaban J connectivity index is 2.46. The fourth-order valence-corrected chi connectivity index (χ4v) is 1.05. The summed E-state index contributed by atoms with van der Waals surface area (Å²) in [5.41, 5.74) is 3.45. The van der Waals surface area contributed by atoms with Gasteiger partial charge in [-0.15, -0.1) is 0 Å². The van der Waals surface area contributed by atoms with E-state index in [1.165, 1.54) is 0 Å². The molecule has 1 aromatic rings. The molecular weight excluding hydrogens is 180 g/mol. The monoisotopic (exact) mass is 196 g/mol. The Bertz CT molecular complexity index is 242. The predicted molar refractivity (Wildman–Crippen MR) is 53.2 cm³/mol. The molecule has 5 nitrogen and oxygen atoms in total. The van der Waals surface area contributed by atoms with Gasteiger partial charge in [-0.3, -0.25) is 15.8 Å². The highest BCUT2D eigenvalue weighted by Gasteiger charge is 2.10. The average Bonchev–Trinajstić information content (AvgIpc) is 2.26. The molecule has 0 saturated heterocycles. The number of nitrogens with one attached hydrogen (secondary N) is 1. The van der Waals surface area contributed by atoms with Crippen LogP contribution in [0.25, 0.3) is 0 Å². The lowest BCUT2D eigenvalue weighted by Crippen LogP contribution is -2.32. The third-order valence-corrected chi connectivity index (χ3v) is 1.77. The van der Waals surface area contributed by atoms with Gasteiger partial charge in [-0.25, -0.2) is 5.43 Å². The minimum Gasteiger partial charge on any atom is -0.379 e. The topological polar surface area (TPSA) is 73.1 Å². The number of ether oxygens (including phenoxy) is 1. The molecular formula is C9H16N4O. The lowest BCUT2D eigenvalue weighted by atomic mass is 10.2. The van der Waals surface area contributed by atoms with Crippen molar-refractivity contribution in [2.45, 2.75) is 19.4 Å². The highest BCUT2D eigenvalue weighted by Crippen LogP contribution is 2.06. The Morgan fingerprint density at radius 1 is 1.57 bits per heavy atom. The molecule has 14 heavy (non-hydrogen) atoms. The van der Waals surface area contributed by atoms with Crippen LogP contribution in [-0.4, -0.2) is 23.2 Å². The third kappa shape index (κ3) is 3.37. The number of hydrogen-bond acceptors (Lipinski definition) is 5. The van der Waals surface area contributed by atoms with E-state index in [-0.39, 0.29) is 6.04 Å². The Hall–Kier alpha value is -1.04. The molecule has 0 aliphatic carbocycles. The summed E-state index contributed by atoms with van der Waals surface area (Å²) in [5, 5.41) is 0. The van der Waals surface area contributed by atoms with Gasteiger partial charge in [0.2, 0.25) is 0 Å². The number of nitrogens with zero attached hydrogens (tertiary/aromatic N) is 2. The molecule has 78 valence electrons. The maximum Gasteiger partial charge on any atom is 0.0880 e. The van der Waals surface area contributed by atoms with Crippen LogP contribution in [0.3, 0.4) is 0 Å². The minimum atomic E-state index is -0.0877. The molecule has 1 aromatic heterocycles. The summed E-state index contributed by atoms with van der Waals surface area (Å²) in [6.07, 6.45) is 5.95. The number of hydrogen-bond donors (Lipinski definition) is 2. The summed E-state index contributed by atoms with van der Waals surface area (Å²) in [6, 6.07) is -0.0877. The maximum atomic E-state index is 5.39. The quantitative estimate of drug-likeness (QED) is 0.391. The molecule has 1 rings (SSSR count). The molecule has 1 heterocycles. The molecule has 0 aromatic carbocycles. The van der Waals surface area contributed by atoms with E-state index < -0.39 is 0 Å². The zero-order valence-corrected chi connectivity index (χ0v) is 8.31. The van der Waals surface area contributed by atoms with Crippen LogP contribution in [0.1, 0.15) is 25.1 Å². The normalized spacial score (nSPS) is 12.7. The van der Waals surface area contributed by atoms with Crippen LogP contribution in [0.5, 0.6) is 0 Å². The summed E-state index contributed by atoms with van der Waals surface area (Å²) in [5.74, 6) is 5.39. The van der Waals surface area contributed by atoms with E-state index in [9.17, 15) is 0 Å². The molecule has 0 fully saturated rings. The first kappa shape index (κ1) is 11.0. The zero-order chi connectivity index (χ0) is 10.2. The van der Waals surface area contributed by atoms with Gasteiger partial charge in [0.1, 0.15) is 0 Å². The molecule has 3 N–H and O–H groups in total. The van der Waals surface area contributed by atoms with Crippen molar-refractivity contribution in [1.29, 1.82) is 0 Å². The van der Waals surface area contributed by atoms with E-state index in [1.807, 2.05) is 0 Å². The number of hydrazine groups is 1. The molecule has 1 atom stereocenters. The van der Waals surface area contributed by atoms with E-state index in [2.05, 4.69) is 22.3 Å². The summed E-state index contributed by atoms with van der Waals surface area (Å²) >= 11 is 0. The summed E-state index contributed by atoms with van der Waals surface area (Å²) < 4.78 is 5.38. The molecule has 5 heteroatoms. The van der Waals surface area contributed by atoms with Crippen molar-refractivity contribution >= 4 is 0 Å². The molecule has 0 aliphatic heterocycles. The first-order valence-electron chi connectivity index (χ1n) is 4.68. The Labute approximate surface area is 83.7 Å². The molecule has 0 aliphatic rings. The Morgan fingerprint density at radius 2 is 2.43 bits per heavy atom. The number of nitrogens with two attached hydrogens (primary N) is 1. The Morgan fingerprint density at radius 3 is 3.00 bits per heavy atom. The van der Waals surface area contributed by atoms with E-state index in [4.69, 9.17) is 10.6 Å². The van der Waals surface area contributed by atoms with E-state index in [0.29, 0.717) is 6.61 Å². The van der Waals surface area contributed by atoms with Crippen molar-refractivity contribution in [2.75, 3.05) is 13.2 Å². The number of aromatic nitrogens is 2. The molecule has 0 bridgehead atoms. The molecule has 1 unspecified atom stereocenters. The van der Waals surface area contributed by atoms with Gasteiger partial charge < -0.3 is 4.74 Å². The fourth-order valence-electron chi connectivity index (χ4n) is 1.05. The summed E-state index contributed by atoms with van der Waals surface area (Å²) in [4.78, 5) is 8.11. The van der Waals surface area contributed by atoms with Crippen molar-refractivity contribution in [3.8, 4) is 0 Å². The molecule has 0 spiro atoms. The Kier molecular flexibility index (Phi) is 5.06. The molecule has 0 amide bonds. The molecule has 0 radical (unpaired) electrons. The average molecular weight is 196 g/mol. The smallest absolute Gasteiger partial charge is 0.0880 e. The van der Waals surface area contributed by atoms with E-state index in [0.717, 1.165) is 18.7 Å². The largest absolute Gasteiger partial charge is 0.379 e. The highest BCUT2D eigenvalue weighted by molar-refractivity contribution is 5.01. The van der Waals surface area contributed by atoms with Crippen molar-refractivity contribution in [3.05, 3.63) is 24.3 Å². The third-order valence-electron chi connectivity index (χ3n) is 1.77. The zero-order valence-electron chi connectivity index (χ0n) is 8.31. The van der Waals surface area contributed by atoms with Gasteiger partial charge in [0, 0.05) is 19.0 Å². The van der Waals surface area contributed by atoms with Crippen LogP contribution >= 0.6 is 0 Å². The van der Waals surface area contributed by atoms with Crippen molar-refractivity contribution in [3.63, 3.8) is 0 Å². The van der Waals surface area contributed by atoms with Crippen molar-refractivity contribution < 1.29 is 4.74 Å². The van der Waals surface area contributed by atoms with Crippen LogP contribution in [0.15, 0.2) is 18.6 Å². The van der Waals surface area contributed by atoms with Gasteiger partial charge in [-0.2, -0.15) is 0 Å². The van der Waals surface area contributed by atoms with E-state index in [1.54, 1.807) is 18.6 Å². The van der Waals surface area contributed by atoms with Crippen LogP contribution in [-0.2, 0) is 4.74 Å². The van der Waals surface area contributed by atoms with Gasteiger partial charge in [-0.1, -0.05) is 6.92 Å². The first-order chi connectivity index (χ1) is 6.88. The van der Waals surface area contributed by atoms with Crippen molar-refractivity contribution in [2.24, 2.45) is 5.84 Å². The lowest BCUT2D eigenvalue weighted by molar-refractivity contribution is 0.111. The lowest BCUT2D eigenvalue weighted by Gasteiger charge is -2.14. The van der Waals surface area contributed by atoms with Gasteiger partial charge in [0.15, 0.2) is 0 Å². The van der Waals surface area contributed by atoms with Crippen LogP contribution < -0.4 is 11.3 Å². The highest BCUT2D eigenvalue weighted by atomic mass is 16.5. The fraction of sp³-hybridized carbons (Fsp3) is 0.556. The second kappa shape index (κ2) is 6.42. The molecule has 0 saturated carbocycles.